The molecular formula is C26H23FN4O4. The summed E-state index contributed by atoms with van der Waals surface area (Å²) in [5, 5.41) is 5.30. The van der Waals surface area contributed by atoms with Gasteiger partial charge < -0.3 is 20.3 Å². The number of rotatable bonds is 5. The summed E-state index contributed by atoms with van der Waals surface area (Å²) in [6.45, 7) is 0.196. The summed E-state index contributed by atoms with van der Waals surface area (Å²) >= 11 is 0. The van der Waals surface area contributed by atoms with E-state index in [1.165, 1.54) is 41.0 Å². The predicted octanol–water partition coefficient (Wildman–Crippen LogP) is 3.22. The van der Waals surface area contributed by atoms with E-state index in [1.54, 1.807) is 36.4 Å². The molecule has 3 aromatic rings. The molecule has 1 saturated heterocycles. The van der Waals surface area contributed by atoms with E-state index < -0.39 is 23.8 Å². The Bertz CT molecular complexity index is 1350. The number of terminal acetylenes is 1. The topological polar surface area (TPSA) is 92.7 Å². The van der Waals surface area contributed by atoms with Crippen LogP contribution in [0.5, 0.6) is 0 Å². The van der Waals surface area contributed by atoms with Gasteiger partial charge in [-0.25, -0.2) is 9.18 Å². The maximum atomic E-state index is 14.8. The molecule has 1 aromatic heterocycles. The maximum absolute atomic E-state index is 14.8. The third-order valence-corrected chi connectivity index (χ3v) is 5.77. The molecule has 4 rings (SSSR count). The number of amides is 3. The number of nitrogens with one attached hydrogen (secondary N) is 2. The van der Waals surface area contributed by atoms with Gasteiger partial charge in [0.25, 0.3) is 5.56 Å². The van der Waals surface area contributed by atoms with E-state index in [-0.39, 0.29) is 30.3 Å². The van der Waals surface area contributed by atoms with Crippen molar-refractivity contribution in [2.75, 3.05) is 24.3 Å². The fraction of sp³-hybridized carbons (Fsp3) is 0.192. The number of likely N-dealkylation sites (tertiary alicyclic amines) is 1. The number of carbonyl (C=O) groups is 2. The molecule has 2 aromatic carbocycles. The molecule has 178 valence electrons. The summed E-state index contributed by atoms with van der Waals surface area (Å²) in [6.07, 6.45) is 6.78. The first-order valence-corrected chi connectivity index (χ1v) is 10.8. The minimum Gasteiger partial charge on any atom is -0.380 e. The molecule has 0 spiro atoms. The first-order valence-electron chi connectivity index (χ1n) is 10.8. The van der Waals surface area contributed by atoms with Crippen molar-refractivity contribution in [3.05, 3.63) is 88.6 Å². The lowest BCUT2D eigenvalue weighted by molar-refractivity contribution is -0.119. The molecule has 2 atom stereocenters. The SMILES string of the molecule is C#Cc1ccc(NC(=O)N2CC(OC)CC2C(=O)Nc2ccc(-n3ccccc3=O)cc2F)cc1. The zero-order valence-electron chi connectivity index (χ0n) is 18.9. The Balaban J connectivity index is 1.49. The summed E-state index contributed by atoms with van der Waals surface area (Å²) in [7, 11) is 1.50. The van der Waals surface area contributed by atoms with E-state index in [0.717, 1.165) is 6.07 Å². The van der Waals surface area contributed by atoms with Gasteiger partial charge in [-0.1, -0.05) is 12.0 Å². The van der Waals surface area contributed by atoms with E-state index in [4.69, 9.17) is 11.2 Å². The molecule has 9 heteroatoms. The third-order valence-electron chi connectivity index (χ3n) is 5.77. The molecule has 1 fully saturated rings. The predicted molar refractivity (Wildman–Crippen MR) is 130 cm³/mol. The van der Waals surface area contributed by atoms with Crippen LogP contribution in [-0.2, 0) is 9.53 Å². The lowest BCUT2D eigenvalue weighted by Crippen LogP contribution is -2.45. The zero-order valence-corrected chi connectivity index (χ0v) is 18.9. The van der Waals surface area contributed by atoms with Gasteiger partial charge in [0, 0.05) is 49.7 Å². The van der Waals surface area contributed by atoms with E-state index in [0.29, 0.717) is 16.9 Å². The standard InChI is InChI=1S/C26H23FN4O4/c1-3-17-7-9-18(10-8-17)28-26(34)31-16-20(35-2)15-23(31)25(33)29-22-12-11-19(14-21(22)27)30-13-5-4-6-24(30)32/h1,4-14,20,23H,15-16H2,2H3,(H,28,34)(H,29,33). The summed E-state index contributed by atoms with van der Waals surface area (Å²) < 4.78 is 21.5. The highest BCUT2D eigenvalue weighted by Crippen LogP contribution is 2.24. The molecule has 2 heterocycles. The molecule has 8 nitrogen and oxygen atoms in total. The van der Waals surface area contributed by atoms with Crippen molar-refractivity contribution in [1.82, 2.24) is 9.47 Å². The van der Waals surface area contributed by atoms with Crippen molar-refractivity contribution in [1.29, 1.82) is 0 Å². The minimum absolute atomic E-state index is 0.0613. The monoisotopic (exact) mass is 474 g/mol. The number of hydrogen-bond donors (Lipinski definition) is 2. The van der Waals surface area contributed by atoms with E-state index in [9.17, 15) is 18.8 Å². The van der Waals surface area contributed by atoms with Crippen LogP contribution < -0.4 is 16.2 Å². The number of urea groups is 1. The average molecular weight is 474 g/mol. The molecule has 0 radical (unpaired) electrons. The van der Waals surface area contributed by atoms with Crippen molar-refractivity contribution in [2.45, 2.75) is 18.6 Å². The molecule has 3 amide bonds. The number of carbonyl (C=O) groups excluding carboxylic acids is 2. The number of ether oxygens (including phenoxy) is 1. The molecule has 1 aliphatic rings. The Morgan fingerprint density at radius 3 is 2.54 bits per heavy atom. The second-order valence-corrected chi connectivity index (χ2v) is 7.98. The fourth-order valence-electron chi connectivity index (χ4n) is 3.90. The number of anilines is 2. The molecule has 0 bridgehead atoms. The Kier molecular flexibility index (Phi) is 6.94. The van der Waals surface area contributed by atoms with Crippen molar-refractivity contribution in [3.8, 4) is 18.0 Å². The van der Waals surface area contributed by atoms with Crippen molar-refractivity contribution >= 4 is 23.3 Å². The number of methoxy groups -OCH3 is 1. The Labute approximate surface area is 201 Å². The normalized spacial score (nSPS) is 17.0. The molecule has 0 aliphatic carbocycles. The van der Waals surface area contributed by atoms with Crippen LogP contribution in [0.15, 0.2) is 71.7 Å². The first kappa shape index (κ1) is 23.7. The van der Waals surface area contributed by atoms with Gasteiger partial charge in [-0.3, -0.25) is 14.2 Å². The largest absolute Gasteiger partial charge is 0.380 e. The van der Waals surface area contributed by atoms with Gasteiger partial charge in [-0.2, -0.15) is 0 Å². The van der Waals surface area contributed by atoms with Crippen LogP contribution in [0.2, 0.25) is 0 Å². The summed E-state index contributed by atoms with van der Waals surface area (Å²) in [5.41, 5.74) is 1.14. The molecule has 2 unspecified atom stereocenters. The number of nitrogens with zero attached hydrogens (tertiary/aromatic N) is 2. The lowest BCUT2D eigenvalue weighted by Gasteiger charge is -2.24. The molecule has 1 aliphatic heterocycles. The Hall–Kier alpha value is -4.42. The Morgan fingerprint density at radius 1 is 1.11 bits per heavy atom. The van der Waals surface area contributed by atoms with Gasteiger partial charge in [-0.15, -0.1) is 6.42 Å². The highest BCUT2D eigenvalue weighted by molar-refractivity contribution is 5.99. The van der Waals surface area contributed by atoms with Crippen LogP contribution >= 0.6 is 0 Å². The number of benzene rings is 2. The molecule has 2 N–H and O–H groups in total. The van der Waals surface area contributed by atoms with E-state index in [2.05, 4.69) is 16.6 Å². The summed E-state index contributed by atoms with van der Waals surface area (Å²) in [5.74, 6) is 1.24. The summed E-state index contributed by atoms with van der Waals surface area (Å²) in [4.78, 5) is 39.3. The van der Waals surface area contributed by atoms with E-state index in [1.807, 2.05) is 0 Å². The minimum atomic E-state index is -0.874. The van der Waals surface area contributed by atoms with Crippen molar-refractivity contribution in [3.63, 3.8) is 0 Å². The zero-order chi connectivity index (χ0) is 24.9. The van der Waals surface area contributed by atoms with Gasteiger partial charge in [0.05, 0.1) is 17.5 Å². The van der Waals surface area contributed by atoms with Crippen LogP contribution in [0, 0.1) is 18.2 Å². The van der Waals surface area contributed by atoms with Gasteiger partial charge >= 0.3 is 6.03 Å². The first-order chi connectivity index (χ1) is 16.9. The summed E-state index contributed by atoms with van der Waals surface area (Å²) in [6, 6.07) is 14.0. The van der Waals surface area contributed by atoms with E-state index >= 15 is 0 Å². The van der Waals surface area contributed by atoms with Crippen molar-refractivity contribution < 1.29 is 18.7 Å². The van der Waals surface area contributed by atoms with Crippen LogP contribution in [0.1, 0.15) is 12.0 Å². The third kappa shape index (κ3) is 5.23. The average Bonchev–Trinajstić information content (AvgIpc) is 3.31. The highest BCUT2D eigenvalue weighted by Gasteiger charge is 2.40. The van der Waals surface area contributed by atoms with Gasteiger partial charge in [0.2, 0.25) is 5.91 Å². The second-order valence-electron chi connectivity index (χ2n) is 7.98. The molecule has 0 saturated carbocycles. The van der Waals surface area contributed by atoms with Gasteiger partial charge in [-0.05, 0) is 42.5 Å². The van der Waals surface area contributed by atoms with Crippen LogP contribution in [0.25, 0.3) is 5.69 Å². The number of pyridine rings is 1. The number of hydrogen-bond acceptors (Lipinski definition) is 4. The van der Waals surface area contributed by atoms with Crippen LogP contribution in [0.3, 0.4) is 0 Å². The van der Waals surface area contributed by atoms with Gasteiger partial charge in [0.15, 0.2) is 0 Å². The quantitative estimate of drug-likeness (QED) is 0.556. The highest BCUT2D eigenvalue weighted by atomic mass is 19.1. The van der Waals surface area contributed by atoms with Crippen molar-refractivity contribution in [2.24, 2.45) is 0 Å². The maximum Gasteiger partial charge on any atom is 0.322 e. The fourth-order valence-corrected chi connectivity index (χ4v) is 3.90. The molecular weight excluding hydrogens is 451 g/mol. The second kappa shape index (κ2) is 10.2. The smallest absolute Gasteiger partial charge is 0.322 e. The Morgan fingerprint density at radius 2 is 1.89 bits per heavy atom. The lowest BCUT2D eigenvalue weighted by atomic mass is 10.1. The van der Waals surface area contributed by atoms with Gasteiger partial charge in [0.1, 0.15) is 11.9 Å². The number of halogens is 1. The van der Waals surface area contributed by atoms with Crippen LogP contribution in [0.4, 0.5) is 20.6 Å². The molecule has 35 heavy (non-hydrogen) atoms. The number of aromatic nitrogens is 1. The van der Waals surface area contributed by atoms with Crippen LogP contribution in [-0.4, -0.2) is 47.2 Å².